The Kier molecular flexibility index (Phi) is 4.67. The van der Waals surface area contributed by atoms with Gasteiger partial charge in [-0.05, 0) is 31.3 Å². The van der Waals surface area contributed by atoms with Crippen LogP contribution in [0, 0.1) is 0 Å². The van der Waals surface area contributed by atoms with E-state index in [1.807, 2.05) is 6.07 Å². The summed E-state index contributed by atoms with van der Waals surface area (Å²) in [6, 6.07) is 8.35. The van der Waals surface area contributed by atoms with Crippen LogP contribution in [0.5, 0.6) is 0 Å². The molecule has 1 aliphatic heterocycles. The Balaban J connectivity index is 1.56. The average Bonchev–Trinajstić information content (AvgIpc) is 2.90. The lowest BCUT2D eigenvalue weighted by atomic mass is 10.3. The van der Waals surface area contributed by atoms with Crippen LogP contribution in [0.3, 0.4) is 0 Å². The largest absolute Gasteiger partial charge is 0.363 e. The quantitative estimate of drug-likeness (QED) is 0.877. The minimum atomic E-state index is 0.886. The van der Waals surface area contributed by atoms with Crippen molar-refractivity contribution in [3.8, 4) is 0 Å². The molecule has 1 aromatic heterocycles. The Hall–Kier alpha value is -1.24. The van der Waals surface area contributed by atoms with Gasteiger partial charge in [0.25, 0.3) is 0 Å². The van der Waals surface area contributed by atoms with Gasteiger partial charge in [-0.2, -0.15) is 0 Å². The predicted molar refractivity (Wildman–Crippen MR) is 92.7 cm³/mol. The number of fused-ring (bicyclic) bond motifs is 1. The minimum Gasteiger partial charge on any atom is -0.363 e. The fraction of sp³-hybridized carbons (Fsp3) is 0.467. The van der Waals surface area contributed by atoms with E-state index in [1.54, 1.807) is 11.3 Å². The molecule has 0 spiro atoms. The topological polar surface area (TPSA) is 31.4 Å². The third kappa shape index (κ3) is 3.51. The van der Waals surface area contributed by atoms with Crippen LogP contribution in [0.2, 0.25) is 0 Å². The van der Waals surface area contributed by atoms with Gasteiger partial charge in [0.1, 0.15) is 5.01 Å². The second-order valence-electron chi connectivity index (χ2n) is 5.17. The van der Waals surface area contributed by atoms with E-state index in [9.17, 15) is 0 Å². The minimum absolute atomic E-state index is 0.886. The third-order valence-corrected chi connectivity index (χ3v) is 5.11. The van der Waals surface area contributed by atoms with Crippen molar-refractivity contribution in [2.24, 2.45) is 0 Å². The van der Waals surface area contributed by atoms with Crippen LogP contribution in [0.1, 0.15) is 11.9 Å². The zero-order chi connectivity index (χ0) is 14.7. The van der Waals surface area contributed by atoms with Gasteiger partial charge in [0.05, 0.1) is 16.8 Å². The van der Waals surface area contributed by atoms with Gasteiger partial charge in [-0.15, -0.1) is 11.3 Å². The maximum atomic E-state index is 5.37. The molecule has 0 bridgehead atoms. The summed E-state index contributed by atoms with van der Waals surface area (Å²) in [5.41, 5.74) is 1.12. The molecule has 1 fully saturated rings. The number of nitrogens with one attached hydrogen (secondary N) is 1. The Morgan fingerprint density at radius 2 is 2.05 bits per heavy atom. The molecule has 0 unspecified atom stereocenters. The van der Waals surface area contributed by atoms with Gasteiger partial charge in [-0.1, -0.05) is 12.1 Å². The van der Waals surface area contributed by atoms with Gasteiger partial charge in [0.15, 0.2) is 5.11 Å². The van der Waals surface area contributed by atoms with E-state index in [0.29, 0.717) is 0 Å². The maximum Gasteiger partial charge on any atom is 0.169 e. The number of thiazole rings is 1. The zero-order valence-corrected chi connectivity index (χ0v) is 13.8. The summed E-state index contributed by atoms with van der Waals surface area (Å²) in [6.07, 6.45) is 0. The Morgan fingerprint density at radius 3 is 2.76 bits per heavy atom. The molecule has 0 amide bonds. The highest BCUT2D eigenvalue weighted by Crippen LogP contribution is 2.22. The lowest BCUT2D eigenvalue weighted by Crippen LogP contribution is -2.51. The Morgan fingerprint density at radius 1 is 1.29 bits per heavy atom. The number of para-hydroxylation sites is 1. The average molecular weight is 320 g/mol. The third-order valence-electron chi connectivity index (χ3n) is 3.68. The lowest BCUT2D eigenvalue weighted by molar-refractivity contribution is 0.174. The number of hydrogen-bond donors (Lipinski definition) is 1. The summed E-state index contributed by atoms with van der Waals surface area (Å²) in [7, 11) is 0. The summed E-state index contributed by atoms with van der Waals surface area (Å²) in [5, 5.41) is 5.32. The van der Waals surface area contributed by atoms with Gasteiger partial charge >= 0.3 is 0 Å². The number of thiocarbonyl (C=S) groups is 1. The number of rotatable bonds is 3. The van der Waals surface area contributed by atoms with Crippen LogP contribution >= 0.6 is 23.6 Å². The monoisotopic (exact) mass is 320 g/mol. The van der Waals surface area contributed by atoms with Crippen molar-refractivity contribution in [1.29, 1.82) is 0 Å². The van der Waals surface area contributed by atoms with Gasteiger partial charge in [-0.25, -0.2) is 4.98 Å². The van der Waals surface area contributed by atoms with Crippen LogP contribution in [0.4, 0.5) is 0 Å². The normalized spacial score (nSPS) is 16.3. The van der Waals surface area contributed by atoms with Gasteiger partial charge in [0, 0.05) is 32.7 Å². The highest BCUT2D eigenvalue weighted by Gasteiger charge is 2.19. The summed E-state index contributed by atoms with van der Waals surface area (Å²) in [5.74, 6) is 0. The summed E-state index contributed by atoms with van der Waals surface area (Å²) in [4.78, 5) is 9.43. The highest BCUT2D eigenvalue weighted by atomic mass is 32.1. The van der Waals surface area contributed by atoms with E-state index < -0.39 is 0 Å². The molecule has 21 heavy (non-hydrogen) atoms. The molecule has 1 aliphatic rings. The van der Waals surface area contributed by atoms with E-state index in [0.717, 1.165) is 49.9 Å². The molecular formula is C15H20N4S2. The molecule has 1 N–H and O–H groups in total. The second-order valence-corrected chi connectivity index (χ2v) is 6.68. The summed E-state index contributed by atoms with van der Waals surface area (Å²) >= 11 is 7.17. The van der Waals surface area contributed by atoms with E-state index in [1.165, 1.54) is 9.71 Å². The lowest BCUT2D eigenvalue weighted by Gasteiger charge is -2.35. The summed E-state index contributed by atoms with van der Waals surface area (Å²) in [6.45, 7) is 8.00. The first-order chi connectivity index (χ1) is 10.3. The number of aromatic nitrogens is 1. The molecule has 3 rings (SSSR count). The molecule has 0 saturated carbocycles. The maximum absolute atomic E-state index is 5.37. The van der Waals surface area contributed by atoms with E-state index in [4.69, 9.17) is 17.2 Å². The summed E-state index contributed by atoms with van der Waals surface area (Å²) < 4.78 is 1.28. The van der Waals surface area contributed by atoms with Gasteiger partial charge in [-0.3, -0.25) is 4.90 Å². The van der Waals surface area contributed by atoms with E-state index in [2.05, 4.69) is 40.2 Å². The predicted octanol–water partition coefficient (Wildman–Crippen LogP) is 2.31. The smallest absolute Gasteiger partial charge is 0.169 e. The zero-order valence-electron chi connectivity index (χ0n) is 12.2. The molecule has 4 nitrogen and oxygen atoms in total. The number of hydrogen-bond acceptors (Lipinski definition) is 4. The molecule has 6 heteroatoms. The highest BCUT2D eigenvalue weighted by molar-refractivity contribution is 7.80. The van der Waals surface area contributed by atoms with Crippen molar-refractivity contribution in [2.75, 3.05) is 32.7 Å². The van der Waals surface area contributed by atoms with Crippen LogP contribution in [-0.2, 0) is 6.54 Å². The van der Waals surface area contributed by atoms with E-state index in [-0.39, 0.29) is 0 Å². The SMILES string of the molecule is CCNC(=S)N1CCN(Cc2nc3ccccc3s2)CC1. The van der Waals surface area contributed by atoms with Crippen LogP contribution in [0.15, 0.2) is 24.3 Å². The molecule has 112 valence electrons. The first-order valence-electron chi connectivity index (χ1n) is 7.36. The van der Waals surface area contributed by atoms with Crippen molar-refractivity contribution in [3.63, 3.8) is 0 Å². The molecule has 1 saturated heterocycles. The van der Waals surface area contributed by atoms with Crippen molar-refractivity contribution < 1.29 is 0 Å². The fourth-order valence-corrected chi connectivity index (χ4v) is 3.89. The van der Waals surface area contributed by atoms with Crippen LogP contribution in [-0.4, -0.2) is 52.6 Å². The first kappa shape index (κ1) is 14.7. The molecule has 2 aromatic rings. The van der Waals surface area contributed by atoms with Crippen LogP contribution < -0.4 is 5.32 Å². The first-order valence-corrected chi connectivity index (χ1v) is 8.58. The van der Waals surface area contributed by atoms with Gasteiger partial charge in [0.2, 0.25) is 0 Å². The number of piperazine rings is 1. The molecule has 2 heterocycles. The molecular weight excluding hydrogens is 300 g/mol. The van der Waals surface area contributed by atoms with E-state index >= 15 is 0 Å². The molecule has 0 aliphatic carbocycles. The molecule has 0 atom stereocenters. The molecule has 1 aromatic carbocycles. The Labute approximate surface area is 134 Å². The van der Waals surface area contributed by atoms with Crippen LogP contribution in [0.25, 0.3) is 10.2 Å². The van der Waals surface area contributed by atoms with Crippen molar-refractivity contribution in [1.82, 2.24) is 20.1 Å². The standard InChI is InChI=1S/C15H20N4S2/c1-2-16-15(20)19-9-7-18(8-10-19)11-14-17-12-5-3-4-6-13(12)21-14/h3-6H,2,7-11H2,1H3,(H,16,20). The van der Waals surface area contributed by atoms with Crippen molar-refractivity contribution >= 4 is 38.9 Å². The Bertz CT molecular complexity index is 584. The molecule has 0 radical (unpaired) electrons. The fourth-order valence-electron chi connectivity index (χ4n) is 2.55. The second kappa shape index (κ2) is 6.68. The number of nitrogens with zero attached hydrogens (tertiary/aromatic N) is 3. The van der Waals surface area contributed by atoms with Crippen molar-refractivity contribution in [3.05, 3.63) is 29.3 Å². The van der Waals surface area contributed by atoms with Crippen molar-refractivity contribution in [2.45, 2.75) is 13.5 Å². The number of benzene rings is 1. The van der Waals surface area contributed by atoms with Gasteiger partial charge < -0.3 is 10.2 Å².